The zero-order chi connectivity index (χ0) is 11.6. The van der Waals surface area contributed by atoms with Gasteiger partial charge in [-0.3, -0.25) is 0 Å². The third-order valence-electron chi connectivity index (χ3n) is 1.83. The van der Waals surface area contributed by atoms with E-state index in [0.29, 0.717) is 26.4 Å². The Bertz CT molecular complexity index is 279. The summed E-state index contributed by atoms with van der Waals surface area (Å²) in [6.07, 6.45) is 2.55. The Balaban J connectivity index is 2.01. The quantitative estimate of drug-likeness (QED) is 0.544. The molecule has 0 atom stereocenters. The zero-order valence-electron chi connectivity index (χ0n) is 9.32. The molecule has 1 rings (SSSR count). The van der Waals surface area contributed by atoms with Crippen LogP contribution in [0, 0.1) is 0 Å². The Morgan fingerprint density at radius 3 is 2.75 bits per heavy atom. The molecule has 0 aliphatic carbocycles. The minimum Gasteiger partial charge on any atom is -0.492 e. The van der Waals surface area contributed by atoms with E-state index in [-0.39, 0.29) is 0 Å². The van der Waals surface area contributed by atoms with Crippen LogP contribution in [-0.2, 0) is 9.47 Å². The second kappa shape index (κ2) is 8.50. The minimum atomic E-state index is 0.635. The fourth-order valence-corrected chi connectivity index (χ4v) is 1.28. The Morgan fingerprint density at radius 1 is 1.19 bits per heavy atom. The number of nitrogens with zero attached hydrogens (tertiary/aromatic N) is 1. The molecule has 90 valence electrons. The van der Waals surface area contributed by atoms with Crippen LogP contribution in [0.5, 0.6) is 5.75 Å². The molecule has 0 aromatic carbocycles. The SMILES string of the molecule is COCCOCCCOc1ccc(Br)nc1. The molecular formula is C11H16BrNO3. The van der Waals surface area contributed by atoms with Gasteiger partial charge in [0.05, 0.1) is 26.0 Å². The van der Waals surface area contributed by atoms with E-state index in [4.69, 9.17) is 14.2 Å². The number of hydrogen-bond donors (Lipinski definition) is 0. The van der Waals surface area contributed by atoms with Crippen LogP contribution in [-0.4, -0.2) is 38.5 Å². The van der Waals surface area contributed by atoms with Crippen molar-refractivity contribution in [1.82, 2.24) is 4.98 Å². The molecule has 0 saturated heterocycles. The highest BCUT2D eigenvalue weighted by Gasteiger charge is 1.94. The number of aromatic nitrogens is 1. The van der Waals surface area contributed by atoms with Crippen molar-refractivity contribution in [2.24, 2.45) is 0 Å². The van der Waals surface area contributed by atoms with Crippen LogP contribution in [0.4, 0.5) is 0 Å². The molecule has 1 heterocycles. The van der Waals surface area contributed by atoms with Gasteiger partial charge < -0.3 is 14.2 Å². The Kier molecular flexibility index (Phi) is 7.12. The molecule has 0 amide bonds. The van der Waals surface area contributed by atoms with Gasteiger partial charge in [0.2, 0.25) is 0 Å². The molecule has 0 fully saturated rings. The second-order valence-electron chi connectivity index (χ2n) is 3.12. The summed E-state index contributed by atoms with van der Waals surface area (Å²) >= 11 is 3.26. The van der Waals surface area contributed by atoms with E-state index in [0.717, 1.165) is 16.8 Å². The zero-order valence-corrected chi connectivity index (χ0v) is 10.9. The average molecular weight is 290 g/mol. The summed E-state index contributed by atoms with van der Waals surface area (Å²) in [5, 5.41) is 0. The first-order valence-electron chi connectivity index (χ1n) is 5.14. The Hall–Kier alpha value is -0.650. The van der Waals surface area contributed by atoms with Crippen LogP contribution in [0.2, 0.25) is 0 Å². The van der Waals surface area contributed by atoms with Crippen LogP contribution in [0.25, 0.3) is 0 Å². The number of hydrogen-bond acceptors (Lipinski definition) is 4. The Morgan fingerprint density at radius 2 is 2.06 bits per heavy atom. The Labute approximate surface area is 104 Å². The van der Waals surface area contributed by atoms with E-state index >= 15 is 0 Å². The molecule has 16 heavy (non-hydrogen) atoms. The van der Waals surface area contributed by atoms with Crippen molar-refractivity contribution < 1.29 is 14.2 Å². The van der Waals surface area contributed by atoms with Gasteiger partial charge in [-0.1, -0.05) is 0 Å². The molecule has 0 saturated carbocycles. The number of ether oxygens (including phenoxy) is 3. The third-order valence-corrected chi connectivity index (χ3v) is 2.30. The maximum atomic E-state index is 5.47. The van der Waals surface area contributed by atoms with Crippen molar-refractivity contribution in [3.63, 3.8) is 0 Å². The normalized spacial score (nSPS) is 10.4. The van der Waals surface area contributed by atoms with E-state index in [1.807, 2.05) is 12.1 Å². The molecule has 1 aromatic rings. The second-order valence-corrected chi connectivity index (χ2v) is 3.94. The summed E-state index contributed by atoms with van der Waals surface area (Å²) in [4.78, 5) is 4.06. The standard InChI is InChI=1S/C11H16BrNO3/c1-14-7-8-15-5-2-6-16-10-3-4-11(12)13-9-10/h3-4,9H,2,5-8H2,1H3. The highest BCUT2D eigenvalue weighted by Crippen LogP contribution is 2.12. The predicted octanol–water partition coefficient (Wildman–Crippen LogP) is 2.28. The van der Waals surface area contributed by atoms with E-state index in [9.17, 15) is 0 Å². The highest BCUT2D eigenvalue weighted by molar-refractivity contribution is 9.10. The van der Waals surface area contributed by atoms with E-state index in [1.165, 1.54) is 0 Å². The first-order chi connectivity index (χ1) is 7.83. The third kappa shape index (κ3) is 6.05. The van der Waals surface area contributed by atoms with Crippen molar-refractivity contribution in [2.75, 3.05) is 33.5 Å². The highest BCUT2D eigenvalue weighted by atomic mass is 79.9. The largest absolute Gasteiger partial charge is 0.492 e. The lowest BCUT2D eigenvalue weighted by Crippen LogP contribution is -2.06. The van der Waals surface area contributed by atoms with Crippen LogP contribution < -0.4 is 4.74 Å². The molecule has 1 aromatic heterocycles. The van der Waals surface area contributed by atoms with Crippen molar-refractivity contribution in [3.8, 4) is 5.75 Å². The summed E-state index contributed by atoms with van der Waals surface area (Å²) in [6.45, 7) is 2.59. The number of pyridine rings is 1. The summed E-state index contributed by atoms with van der Waals surface area (Å²) in [6, 6.07) is 3.73. The van der Waals surface area contributed by atoms with Gasteiger partial charge in [0.25, 0.3) is 0 Å². The molecule has 0 bridgehead atoms. The smallest absolute Gasteiger partial charge is 0.137 e. The average Bonchev–Trinajstić information content (AvgIpc) is 2.30. The molecule has 0 radical (unpaired) electrons. The minimum absolute atomic E-state index is 0.635. The monoisotopic (exact) mass is 289 g/mol. The summed E-state index contributed by atoms with van der Waals surface area (Å²) in [5.41, 5.74) is 0. The summed E-state index contributed by atoms with van der Waals surface area (Å²) < 4.78 is 16.4. The lowest BCUT2D eigenvalue weighted by molar-refractivity contribution is 0.0644. The molecular weight excluding hydrogens is 274 g/mol. The fourth-order valence-electron chi connectivity index (χ4n) is 1.04. The topological polar surface area (TPSA) is 40.6 Å². The van der Waals surface area contributed by atoms with Crippen molar-refractivity contribution in [3.05, 3.63) is 22.9 Å². The van der Waals surface area contributed by atoms with E-state index < -0.39 is 0 Å². The van der Waals surface area contributed by atoms with Gasteiger partial charge in [-0.2, -0.15) is 0 Å². The van der Waals surface area contributed by atoms with Crippen LogP contribution >= 0.6 is 15.9 Å². The predicted molar refractivity (Wildman–Crippen MR) is 64.7 cm³/mol. The van der Waals surface area contributed by atoms with Crippen molar-refractivity contribution >= 4 is 15.9 Å². The van der Waals surface area contributed by atoms with Gasteiger partial charge in [-0.15, -0.1) is 0 Å². The van der Waals surface area contributed by atoms with Gasteiger partial charge in [0, 0.05) is 20.1 Å². The molecule has 0 N–H and O–H groups in total. The number of rotatable bonds is 8. The number of methoxy groups -OCH3 is 1. The molecule has 5 heteroatoms. The van der Waals surface area contributed by atoms with Crippen molar-refractivity contribution in [1.29, 1.82) is 0 Å². The lowest BCUT2D eigenvalue weighted by atomic mass is 10.4. The molecule has 0 spiro atoms. The summed E-state index contributed by atoms with van der Waals surface area (Å²) in [5.74, 6) is 0.778. The summed E-state index contributed by atoms with van der Waals surface area (Å²) in [7, 11) is 1.66. The maximum Gasteiger partial charge on any atom is 0.137 e. The number of halogens is 1. The molecule has 4 nitrogen and oxygen atoms in total. The van der Waals surface area contributed by atoms with Gasteiger partial charge in [-0.05, 0) is 28.1 Å². The fraction of sp³-hybridized carbons (Fsp3) is 0.545. The van der Waals surface area contributed by atoms with Crippen LogP contribution in [0.3, 0.4) is 0 Å². The molecule has 0 aliphatic rings. The van der Waals surface area contributed by atoms with Gasteiger partial charge in [-0.25, -0.2) is 4.98 Å². The first kappa shape index (κ1) is 13.4. The van der Waals surface area contributed by atoms with Crippen LogP contribution in [0.1, 0.15) is 6.42 Å². The first-order valence-corrected chi connectivity index (χ1v) is 5.93. The molecule has 0 aliphatic heterocycles. The van der Waals surface area contributed by atoms with Crippen LogP contribution in [0.15, 0.2) is 22.9 Å². The molecule has 0 unspecified atom stereocenters. The van der Waals surface area contributed by atoms with Gasteiger partial charge in [0.15, 0.2) is 0 Å². The lowest BCUT2D eigenvalue weighted by Gasteiger charge is -2.06. The maximum absolute atomic E-state index is 5.47. The van der Waals surface area contributed by atoms with E-state index in [1.54, 1.807) is 13.3 Å². The van der Waals surface area contributed by atoms with Crippen molar-refractivity contribution in [2.45, 2.75) is 6.42 Å². The van der Waals surface area contributed by atoms with E-state index in [2.05, 4.69) is 20.9 Å². The van der Waals surface area contributed by atoms with Gasteiger partial charge in [0.1, 0.15) is 10.4 Å². The van der Waals surface area contributed by atoms with Gasteiger partial charge >= 0.3 is 0 Å².